The first-order valence-corrected chi connectivity index (χ1v) is 12.1. The fourth-order valence-corrected chi connectivity index (χ4v) is 6.01. The second-order valence-electron chi connectivity index (χ2n) is 8.54. The molecule has 4 rings (SSSR count). The van der Waals surface area contributed by atoms with Gasteiger partial charge in [-0.3, -0.25) is 9.78 Å². The van der Waals surface area contributed by atoms with Gasteiger partial charge in [0.05, 0.1) is 5.02 Å². The lowest BCUT2D eigenvalue weighted by atomic mass is 9.70. The Bertz CT molecular complexity index is 1270. The standard InChI is InChI=1S/C26H22ClF3N2O2S/c1-14-9-19(10-15(2)26(14,34)17-5-7-31-8-6-17)35-23-11-16(3-4-20(23)27)25(33)32-18-12-21(28)24(30)22(29)13-18/h3-8,11-13,15,19,34H,1,9-10H2,2H3,(H,32,33)/t15?,19-,26-/m0/s1. The van der Waals surface area contributed by atoms with Crippen LogP contribution in [0.5, 0.6) is 0 Å². The second-order valence-corrected chi connectivity index (χ2v) is 10.3. The SMILES string of the molecule is C=C1C[C@H](Sc2cc(C(=O)Nc3cc(F)c(F)c(F)c3)ccc2Cl)CC(C)[C@]1(O)c1ccncc1. The summed E-state index contributed by atoms with van der Waals surface area (Å²) in [6.07, 6.45) is 4.48. The molecule has 1 aromatic heterocycles. The average molecular weight is 519 g/mol. The summed E-state index contributed by atoms with van der Waals surface area (Å²) in [7, 11) is 0. The first kappa shape index (κ1) is 25.3. The largest absolute Gasteiger partial charge is 0.380 e. The summed E-state index contributed by atoms with van der Waals surface area (Å²) in [6, 6.07) is 9.64. The Morgan fingerprint density at radius 2 is 1.83 bits per heavy atom. The van der Waals surface area contributed by atoms with Crippen LogP contribution in [0.3, 0.4) is 0 Å². The lowest BCUT2D eigenvalue weighted by Crippen LogP contribution is -2.41. The zero-order valence-corrected chi connectivity index (χ0v) is 20.3. The number of pyridine rings is 1. The van der Waals surface area contributed by atoms with Crippen LogP contribution >= 0.6 is 23.4 Å². The number of halogens is 4. The van der Waals surface area contributed by atoms with Crippen molar-refractivity contribution in [3.05, 3.63) is 101 Å². The maximum absolute atomic E-state index is 13.5. The smallest absolute Gasteiger partial charge is 0.255 e. The maximum atomic E-state index is 13.5. The van der Waals surface area contributed by atoms with E-state index in [2.05, 4.69) is 16.9 Å². The minimum atomic E-state index is -1.60. The van der Waals surface area contributed by atoms with Gasteiger partial charge in [-0.25, -0.2) is 13.2 Å². The van der Waals surface area contributed by atoms with Crippen LogP contribution in [-0.4, -0.2) is 21.2 Å². The summed E-state index contributed by atoms with van der Waals surface area (Å²) in [5.41, 5.74) is 0.288. The zero-order valence-electron chi connectivity index (χ0n) is 18.7. The van der Waals surface area contributed by atoms with Crippen molar-refractivity contribution in [1.82, 2.24) is 4.98 Å². The molecule has 182 valence electrons. The monoisotopic (exact) mass is 518 g/mol. The molecule has 2 N–H and O–H groups in total. The third-order valence-electron chi connectivity index (χ3n) is 6.19. The van der Waals surface area contributed by atoms with E-state index in [4.69, 9.17) is 11.6 Å². The number of rotatable bonds is 5. The van der Waals surface area contributed by atoms with Gasteiger partial charge < -0.3 is 10.4 Å². The van der Waals surface area contributed by atoms with E-state index in [1.807, 2.05) is 6.92 Å². The molecule has 0 spiro atoms. The van der Waals surface area contributed by atoms with Crippen LogP contribution in [0.15, 0.2) is 71.9 Å². The van der Waals surface area contributed by atoms with E-state index in [0.717, 1.165) is 5.56 Å². The van der Waals surface area contributed by atoms with Crippen LogP contribution in [0.2, 0.25) is 5.02 Å². The molecule has 1 aliphatic rings. The maximum Gasteiger partial charge on any atom is 0.255 e. The molecule has 1 saturated carbocycles. The van der Waals surface area contributed by atoms with Crippen LogP contribution in [0.4, 0.5) is 18.9 Å². The molecule has 1 unspecified atom stereocenters. The number of anilines is 1. The van der Waals surface area contributed by atoms with Crippen LogP contribution in [0, 0.1) is 23.4 Å². The lowest BCUT2D eigenvalue weighted by molar-refractivity contribution is 0.00141. The Hall–Kier alpha value is -2.81. The van der Waals surface area contributed by atoms with Gasteiger partial charge in [-0.05, 0) is 60.2 Å². The Kier molecular flexibility index (Phi) is 7.26. The summed E-state index contributed by atoms with van der Waals surface area (Å²) >= 11 is 7.87. The number of hydrogen-bond acceptors (Lipinski definition) is 4. The highest BCUT2D eigenvalue weighted by Crippen LogP contribution is 2.49. The number of nitrogens with zero attached hydrogens (tertiary/aromatic N) is 1. The number of thioether (sulfide) groups is 1. The van der Waals surface area contributed by atoms with E-state index in [-0.39, 0.29) is 22.4 Å². The topological polar surface area (TPSA) is 62.2 Å². The lowest BCUT2D eigenvalue weighted by Gasteiger charge is -2.43. The fourth-order valence-electron chi connectivity index (χ4n) is 4.36. The van der Waals surface area contributed by atoms with Crippen molar-refractivity contribution >= 4 is 35.0 Å². The molecule has 0 aliphatic heterocycles. The summed E-state index contributed by atoms with van der Waals surface area (Å²) < 4.78 is 40.1. The molecule has 3 atom stereocenters. The molecule has 1 amide bonds. The zero-order chi connectivity index (χ0) is 25.3. The normalized spacial score (nSPS) is 22.2. The van der Waals surface area contributed by atoms with Gasteiger partial charge in [0, 0.05) is 45.9 Å². The van der Waals surface area contributed by atoms with Crippen LogP contribution in [0.1, 0.15) is 35.7 Å². The summed E-state index contributed by atoms with van der Waals surface area (Å²) in [6.45, 7) is 6.12. The Balaban J connectivity index is 1.50. The van der Waals surface area contributed by atoms with Crippen molar-refractivity contribution in [3.8, 4) is 0 Å². The van der Waals surface area contributed by atoms with Gasteiger partial charge in [-0.15, -0.1) is 11.8 Å². The first-order chi connectivity index (χ1) is 16.6. The number of amides is 1. The molecule has 35 heavy (non-hydrogen) atoms. The fraction of sp³-hybridized carbons (Fsp3) is 0.231. The van der Waals surface area contributed by atoms with Crippen molar-refractivity contribution in [2.24, 2.45) is 5.92 Å². The summed E-state index contributed by atoms with van der Waals surface area (Å²) in [4.78, 5) is 17.3. The van der Waals surface area contributed by atoms with Gasteiger partial charge in [-0.1, -0.05) is 25.1 Å². The number of carbonyl (C=O) groups is 1. The van der Waals surface area contributed by atoms with Crippen LogP contribution in [-0.2, 0) is 5.60 Å². The van der Waals surface area contributed by atoms with Crippen LogP contribution in [0.25, 0.3) is 0 Å². The van der Waals surface area contributed by atoms with E-state index in [9.17, 15) is 23.1 Å². The van der Waals surface area contributed by atoms with E-state index < -0.39 is 29.0 Å². The van der Waals surface area contributed by atoms with Gasteiger partial charge in [0.15, 0.2) is 17.5 Å². The second kappa shape index (κ2) is 10.0. The molecule has 3 aromatic rings. The molecule has 0 saturated heterocycles. The quantitative estimate of drug-likeness (QED) is 0.290. The first-order valence-electron chi connectivity index (χ1n) is 10.8. The third kappa shape index (κ3) is 5.10. The molecule has 0 radical (unpaired) electrons. The molecule has 1 fully saturated rings. The van der Waals surface area contributed by atoms with Crippen LogP contribution < -0.4 is 5.32 Å². The average Bonchev–Trinajstić information content (AvgIpc) is 2.82. The predicted octanol–water partition coefficient (Wildman–Crippen LogP) is 6.74. The molecule has 4 nitrogen and oxygen atoms in total. The molecule has 0 bridgehead atoms. The van der Waals surface area contributed by atoms with Crippen molar-refractivity contribution in [1.29, 1.82) is 0 Å². The van der Waals surface area contributed by atoms with Gasteiger partial charge in [0.1, 0.15) is 5.60 Å². The number of hydrogen-bond donors (Lipinski definition) is 2. The number of aromatic nitrogens is 1. The summed E-state index contributed by atoms with van der Waals surface area (Å²) in [5.74, 6) is -5.15. The van der Waals surface area contributed by atoms with Gasteiger partial charge >= 0.3 is 0 Å². The van der Waals surface area contributed by atoms with Crippen molar-refractivity contribution in [2.45, 2.75) is 35.5 Å². The Morgan fingerprint density at radius 1 is 1.17 bits per heavy atom. The van der Waals surface area contributed by atoms with Crippen molar-refractivity contribution < 1.29 is 23.1 Å². The van der Waals surface area contributed by atoms with E-state index >= 15 is 0 Å². The molecule has 2 aromatic carbocycles. The van der Waals surface area contributed by atoms with Gasteiger partial charge in [-0.2, -0.15) is 0 Å². The molecule has 9 heteroatoms. The highest BCUT2D eigenvalue weighted by Gasteiger charge is 2.44. The third-order valence-corrected chi connectivity index (χ3v) is 7.92. The number of aliphatic hydroxyl groups is 1. The van der Waals surface area contributed by atoms with Gasteiger partial charge in [0.2, 0.25) is 0 Å². The number of nitrogens with one attached hydrogen (secondary N) is 1. The van der Waals surface area contributed by atoms with E-state index in [0.29, 0.717) is 40.5 Å². The number of benzene rings is 2. The van der Waals surface area contributed by atoms with Crippen molar-refractivity contribution in [3.63, 3.8) is 0 Å². The molecule has 1 heterocycles. The Labute approximate surface area is 210 Å². The Morgan fingerprint density at radius 3 is 2.46 bits per heavy atom. The highest BCUT2D eigenvalue weighted by molar-refractivity contribution is 8.00. The molecule has 1 aliphatic carbocycles. The van der Waals surface area contributed by atoms with Crippen molar-refractivity contribution in [2.75, 3.05) is 5.32 Å². The molecular formula is C26H22ClF3N2O2S. The highest BCUT2D eigenvalue weighted by atomic mass is 35.5. The minimum absolute atomic E-state index is 0.0516. The van der Waals surface area contributed by atoms with E-state index in [1.54, 1.807) is 36.7 Å². The summed E-state index contributed by atoms with van der Waals surface area (Å²) in [5, 5.41) is 14.3. The predicted molar refractivity (Wildman–Crippen MR) is 131 cm³/mol. The van der Waals surface area contributed by atoms with E-state index in [1.165, 1.54) is 17.8 Å². The van der Waals surface area contributed by atoms with Gasteiger partial charge in [0.25, 0.3) is 5.91 Å². The molecular weight excluding hydrogens is 497 g/mol. The minimum Gasteiger partial charge on any atom is -0.380 e. The number of carbonyl (C=O) groups excluding carboxylic acids is 1.